The van der Waals surface area contributed by atoms with Gasteiger partial charge in [0.25, 0.3) is 0 Å². The number of ether oxygens (including phenoxy) is 5. The average Bonchev–Trinajstić information content (AvgIpc) is 2.81. The first-order chi connectivity index (χ1) is 15.7. The molecule has 0 amide bonds. The van der Waals surface area contributed by atoms with Crippen LogP contribution in [0.3, 0.4) is 0 Å². The number of hydrogen-bond acceptors (Lipinski definition) is 10. The van der Waals surface area contributed by atoms with Gasteiger partial charge in [-0.25, -0.2) is 13.2 Å². The second-order valence-corrected chi connectivity index (χ2v) is 8.64. The summed E-state index contributed by atoms with van der Waals surface area (Å²) in [6.07, 6.45) is 1.37. The Labute approximate surface area is 192 Å². The van der Waals surface area contributed by atoms with Gasteiger partial charge in [0.15, 0.2) is 21.3 Å². The maximum Gasteiger partial charge on any atom is 0.330 e. The lowest BCUT2D eigenvalue weighted by atomic mass is 10.1. The number of carbonyl (C=O) groups excluding carboxylic acids is 1. The fourth-order valence-electron chi connectivity index (χ4n) is 2.80. The number of rotatable bonds is 11. The number of nitrogens with two attached hydrogens (primary N) is 1. The molecule has 2 aromatic rings. The topological polar surface area (TPSA) is 144 Å². The van der Waals surface area contributed by atoms with Crippen LogP contribution in [0.15, 0.2) is 35.7 Å². The highest BCUT2D eigenvalue weighted by molar-refractivity contribution is 7.93. The van der Waals surface area contributed by atoms with E-state index in [0.29, 0.717) is 28.4 Å². The molecule has 0 bridgehead atoms. The maximum atomic E-state index is 12.8. The van der Waals surface area contributed by atoms with E-state index in [1.54, 1.807) is 12.1 Å². The fraction of sp³-hybridized carbons (Fsp3) is 0.318. The molecular weight excluding hydrogens is 454 g/mol. The van der Waals surface area contributed by atoms with Crippen molar-refractivity contribution in [2.24, 2.45) is 5.73 Å². The molecule has 0 aromatic heterocycles. The Morgan fingerprint density at radius 1 is 0.970 bits per heavy atom. The van der Waals surface area contributed by atoms with Gasteiger partial charge in [0, 0.05) is 17.5 Å². The lowest BCUT2D eigenvalue weighted by molar-refractivity contribution is -0.136. The van der Waals surface area contributed by atoms with Crippen molar-refractivity contribution >= 4 is 21.9 Å². The quantitative estimate of drug-likeness (QED) is 0.358. The first-order valence-electron chi connectivity index (χ1n) is 9.63. The van der Waals surface area contributed by atoms with E-state index in [1.165, 1.54) is 52.7 Å². The lowest BCUT2D eigenvalue weighted by Crippen LogP contribution is -2.37. The number of hydrogen-bond donors (Lipinski definition) is 2. The van der Waals surface area contributed by atoms with Crippen molar-refractivity contribution < 1.29 is 42.0 Å². The van der Waals surface area contributed by atoms with Gasteiger partial charge in [0.1, 0.15) is 23.3 Å². The highest BCUT2D eigenvalue weighted by Crippen LogP contribution is 2.35. The van der Waals surface area contributed by atoms with Gasteiger partial charge in [-0.15, -0.1) is 0 Å². The molecule has 180 valence electrons. The van der Waals surface area contributed by atoms with E-state index in [-0.39, 0.29) is 17.3 Å². The van der Waals surface area contributed by atoms with Crippen LogP contribution < -0.4 is 29.4 Å². The highest BCUT2D eigenvalue weighted by Gasteiger charge is 2.19. The zero-order valence-corrected chi connectivity index (χ0v) is 19.5. The standard InChI is InChI=1S/C22H27NO9S/c1-28-15-10-19(30-3)16(20(11-15)31-4)7-8-33(26,27)13-14-5-6-18(29-2)21(9-14)32-22(25)17(23)12-24/h5-11,17,24H,12-13,23H2,1-4H3/b8-7+/t17-/m0/s1. The summed E-state index contributed by atoms with van der Waals surface area (Å²) in [4.78, 5) is 11.9. The molecule has 0 heterocycles. The van der Waals surface area contributed by atoms with Crippen LogP contribution in [0.4, 0.5) is 0 Å². The van der Waals surface area contributed by atoms with Crippen LogP contribution in [0.2, 0.25) is 0 Å². The maximum absolute atomic E-state index is 12.8. The van der Waals surface area contributed by atoms with Gasteiger partial charge in [0.2, 0.25) is 0 Å². The van der Waals surface area contributed by atoms with E-state index < -0.39 is 28.5 Å². The molecule has 0 aliphatic heterocycles. The third-order valence-electron chi connectivity index (χ3n) is 4.50. The Bertz CT molecular complexity index is 1090. The molecule has 0 saturated carbocycles. The third-order valence-corrected chi connectivity index (χ3v) is 5.79. The second kappa shape index (κ2) is 11.5. The Morgan fingerprint density at radius 3 is 2.09 bits per heavy atom. The van der Waals surface area contributed by atoms with Crippen molar-refractivity contribution in [3.63, 3.8) is 0 Å². The van der Waals surface area contributed by atoms with Crippen molar-refractivity contribution in [2.45, 2.75) is 11.8 Å². The molecular formula is C22H27NO9S. The van der Waals surface area contributed by atoms with E-state index in [0.717, 1.165) is 5.41 Å². The lowest BCUT2D eigenvalue weighted by Gasteiger charge is -2.13. The summed E-state index contributed by atoms with van der Waals surface area (Å²) in [6.45, 7) is -0.599. The molecule has 0 radical (unpaired) electrons. The summed E-state index contributed by atoms with van der Waals surface area (Å²) in [5, 5.41) is 10.0. The number of aliphatic hydroxyl groups excluding tert-OH is 1. The Morgan fingerprint density at radius 2 is 1.58 bits per heavy atom. The van der Waals surface area contributed by atoms with E-state index in [1.807, 2.05) is 0 Å². The van der Waals surface area contributed by atoms with E-state index in [2.05, 4.69) is 0 Å². The summed E-state index contributed by atoms with van der Waals surface area (Å²) in [6, 6.07) is 6.34. The minimum absolute atomic E-state index is 0.0124. The van der Waals surface area contributed by atoms with Crippen LogP contribution in [0, 0.1) is 0 Å². The minimum Gasteiger partial charge on any atom is -0.496 e. The highest BCUT2D eigenvalue weighted by atomic mass is 32.2. The molecule has 10 nitrogen and oxygen atoms in total. The molecule has 1 atom stereocenters. The number of benzene rings is 2. The average molecular weight is 482 g/mol. The van der Waals surface area contributed by atoms with Gasteiger partial charge in [0.05, 0.1) is 46.4 Å². The van der Waals surface area contributed by atoms with Crippen LogP contribution in [-0.4, -0.2) is 60.6 Å². The summed E-state index contributed by atoms with van der Waals surface area (Å²) in [7, 11) is 2.00. The Hall–Kier alpha value is -3.28. The van der Waals surface area contributed by atoms with E-state index in [9.17, 15) is 13.2 Å². The predicted octanol–water partition coefficient (Wildman–Crippen LogP) is 1.53. The third kappa shape index (κ3) is 6.85. The van der Waals surface area contributed by atoms with E-state index in [4.69, 9.17) is 34.5 Å². The minimum atomic E-state index is -3.75. The fourth-order valence-corrected chi connectivity index (χ4v) is 3.88. The smallest absolute Gasteiger partial charge is 0.330 e. The summed E-state index contributed by atoms with van der Waals surface area (Å²) < 4.78 is 51.6. The molecule has 2 rings (SSSR count). The van der Waals surface area contributed by atoms with Gasteiger partial charge in [-0.1, -0.05) is 6.07 Å². The first-order valence-corrected chi connectivity index (χ1v) is 11.3. The van der Waals surface area contributed by atoms with Gasteiger partial charge in [-0.3, -0.25) is 0 Å². The number of aliphatic hydroxyl groups is 1. The van der Waals surface area contributed by atoms with Crippen molar-refractivity contribution in [3.05, 3.63) is 46.9 Å². The molecule has 33 heavy (non-hydrogen) atoms. The van der Waals surface area contributed by atoms with Crippen molar-refractivity contribution in [3.8, 4) is 28.7 Å². The molecule has 0 unspecified atom stereocenters. The largest absolute Gasteiger partial charge is 0.496 e. The Kier molecular flexibility index (Phi) is 9.09. The van der Waals surface area contributed by atoms with Crippen molar-refractivity contribution in [2.75, 3.05) is 35.0 Å². The SMILES string of the molecule is COc1cc(OC)c(/C=C/S(=O)(=O)Cc2ccc(OC)c(OC(=O)[C@@H](N)CO)c2)c(OC)c1. The zero-order valence-electron chi connectivity index (χ0n) is 18.7. The van der Waals surface area contributed by atoms with Crippen LogP contribution in [-0.2, 0) is 20.4 Å². The number of esters is 1. The van der Waals surface area contributed by atoms with Crippen LogP contribution >= 0.6 is 0 Å². The number of methoxy groups -OCH3 is 4. The second-order valence-electron chi connectivity index (χ2n) is 6.75. The van der Waals surface area contributed by atoms with Gasteiger partial charge >= 0.3 is 5.97 Å². The van der Waals surface area contributed by atoms with E-state index >= 15 is 0 Å². The molecule has 11 heteroatoms. The zero-order chi connectivity index (χ0) is 24.6. The van der Waals surface area contributed by atoms with Crippen molar-refractivity contribution in [1.29, 1.82) is 0 Å². The monoisotopic (exact) mass is 481 g/mol. The predicted molar refractivity (Wildman–Crippen MR) is 121 cm³/mol. The Balaban J connectivity index is 2.32. The summed E-state index contributed by atoms with van der Waals surface area (Å²) in [5.74, 6) is 0.164. The van der Waals surface area contributed by atoms with Crippen LogP contribution in [0.25, 0.3) is 6.08 Å². The van der Waals surface area contributed by atoms with Crippen LogP contribution in [0.1, 0.15) is 11.1 Å². The summed E-state index contributed by atoms with van der Waals surface area (Å²) >= 11 is 0. The van der Waals surface area contributed by atoms with Crippen LogP contribution in [0.5, 0.6) is 28.7 Å². The summed E-state index contributed by atoms with van der Waals surface area (Å²) in [5.41, 5.74) is 6.22. The normalized spacial score (nSPS) is 12.3. The molecule has 0 fully saturated rings. The molecule has 0 saturated heterocycles. The van der Waals surface area contributed by atoms with Gasteiger partial charge in [-0.2, -0.15) is 0 Å². The molecule has 2 aromatic carbocycles. The molecule has 3 N–H and O–H groups in total. The molecule has 0 spiro atoms. The van der Waals surface area contributed by atoms with Crippen molar-refractivity contribution in [1.82, 2.24) is 0 Å². The van der Waals surface area contributed by atoms with Gasteiger partial charge in [-0.05, 0) is 23.8 Å². The molecule has 0 aliphatic rings. The first kappa shape index (κ1) is 26.0. The number of sulfone groups is 1. The number of carbonyl (C=O) groups is 1. The molecule has 0 aliphatic carbocycles. The van der Waals surface area contributed by atoms with Gasteiger partial charge < -0.3 is 34.5 Å².